The van der Waals surface area contributed by atoms with Crippen molar-refractivity contribution in [3.63, 3.8) is 0 Å². The van der Waals surface area contributed by atoms with Gasteiger partial charge in [-0.25, -0.2) is 0 Å². The lowest BCUT2D eigenvalue weighted by molar-refractivity contribution is 0.193. The number of hydrogen-bond donors (Lipinski definition) is 0. The molecule has 0 aliphatic carbocycles. The van der Waals surface area contributed by atoms with Crippen molar-refractivity contribution < 1.29 is 4.74 Å². The maximum absolute atomic E-state index is 6.24. The Labute approximate surface area is 150 Å². The molecule has 3 nitrogen and oxygen atoms in total. The van der Waals surface area contributed by atoms with Crippen molar-refractivity contribution in [2.45, 2.75) is 43.6 Å². The second-order valence-electron chi connectivity index (χ2n) is 5.15. The van der Waals surface area contributed by atoms with Crippen LogP contribution in [-0.2, 0) is 10.8 Å². The molecule has 22 heavy (non-hydrogen) atoms. The molecule has 1 aromatic heterocycles. The molecule has 0 fully saturated rings. The number of nitrogens with zero attached hydrogens (tertiary/aromatic N) is 2. The van der Waals surface area contributed by atoms with Crippen LogP contribution in [0.4, 0.5) is 0 Å². The number of hydrogen-bond acceptors (Lipinski definition) is 3. The van der Waals surface area contributed by atoms with Crippen LogP contribution in [0, 0.1) is 0 Å². The van der Waals surface area contributed by atoms with Gasteiger partial charge in [0.1, 0.15) is 5.75 Å². The molecule has 0 amide bonds. The fourth-order valence-electron chi connectivity index (χ4n) is 2.15. The van der Waals surface area contributed by atoms with Crippen LogP contribution in [0.15, 0.2) is 30.3 Å². The average Bonchev–Trinajstić information content (AvgIpc) is 2.56. The lowest BCUT2D eigenvalue weighted by Gasteiger charge is -2.17. The standard InChI is InChI=1S/C17H20ClIN2O/c1-3-15(4-2)22-17-10-12(5-8-16(17)18)9-13-6-7-14(11-19)21-20-13/h5-8,10,15H,3-4,9,11H2,1-2H3. The van der Waals surface area contributed by atoms with Crippen molar-refractivity contribution in [3.05, 3.63) is 52.3 Å². The summed E-state index contributed by atoms with van der Waals surface area (Å²) in [6.07, 6.45) is 2.88. The second kappa shape index (κ2) is 8.67. The highest BCUT2D eigenvalue weighted by Gasteiger charge is 2.10. The van der Waals surface area contributed by atoms with Crippen LogP contribution >= 0.6 is 34.2 Å². The van der Waals surface area contributed by atoms with Crippen LogP contribution in [0.3, 0.4) is 0 Å². The molecule has 5 heteroatoms. The highest BCUT2D eigenvalue weighted by Crippen LogP contribution is 2.28. The van der Waals surface area contributed by atoms with E-state index < -0.39 is 0 Å². The summed E-state index contributed by atoms with van der Waals surface area (Å²) in [7, 11) is 0. The summed E-state index contributed by atoms with van der Waals surface area (Å²) >= 11 is 8.52. The minimum atomic E-state index is 0.204. The van der Waals surface area contributed by atoms with Crippen LogP contribution in [0.25, 0.3) is 0 Å². The Morgan fingerprint density at radius 1 is 1.09 bits per heavy atom. The quantitative estimate of drug-likeness (QED) is 0.446. The van der Waals surface area contributed by atoms with Gasteiger partial charge >= 0.3 is 0 Å². The molecule has 0 aliphatic rings. The van der Waals surface area contributed by atoms with E-state index in [0.717, 1.165) is 46.4 Å². The van der Waals surface area contributed by atoms with Crippen LogP contribution in [-0.4, -0.2) is 16.3 Å². The fraction of sp³-hybridized carbons (Fsp3) is 0.412. The van der Waals surface area contributed by atoms with Gasteiger partial charge in [-0.1, -0.05) is 54.1 Å². The summed E-state index contributed by atoms with van der Waals surface area (Å²) in [5.41, 5.74) is 3.07. The SMILES string of the molecule is CCC(CC)Oc1cc(Cc2ccc(CI)nn2)ccc1Cl. The zero-order valence-electron chi connectivity index (χ0n) is 12.9. The lowest BCUT2D eigenvalue weighted by Crippen LogP contribution is -2.14. The van der Waals surface area contributed by atoms with E-state index in [1.807, 2.05) is 30.3 Å². The van der Waals surface area contributed by atoms with E-state index in [9.17, 15) is 0 Å². The van der Waals surface area contributed by atoms with Crippen molar-refractivity contribution in [1.82, 2.24) is 10.2 Å². The first-order chi connectivity index (χ1) is 10.7. The summed E-state index contributed by atoms with van der Waals surface area (Å²) in [5.74, 6) is 0.754. The fourth-order valence-corrected chi connectivity index (χ4v) is 2.71. The maximum Gasteiger partial charge on any atom is 0.138 e. The summed E-state index contributed by atoms with van der Waals surface area (Å²) in [6.45, 7) is 4.24. The first-order valence-corrected chi connectivity index (χ1v) is 9.39. The molecule has 0 bridgehead atoms. The highest BCUT2D eigenvalue weighted by atomic mass is 127. The Hall–Kier alpha value is -0.880. The molecule has 0 spiro atoms. The smallest absolute Gasteiger partial charge is 0.138 e. The molecule has 2 rings (SSSR count). The minimum absolute atomic E-state index is 0.204. The predicted molar refractivity (Wildman–Crippen MR) is 99.0 cm³/mol. The third kappa shape index (κ3) is 4.81. The summed E-state index contributed by atoms with van der Waals surface area (Å²) in [6, 6.07) is 9.95. The molecule has 1 heterocycles. The van der Waals surface area contributed by atoms with Gasteiger partial charge < -0.3 is 4.74 Å². The molecule has 0 atom stereocenters. The van der Waals surface area contributed by atoms with Crippen molar-refractivity contribution in [1.29, 1.82) is 0 Å². The maximum atomic E-state index is 6.24. The van der Waals surface area contributed by atoms with Crippen LogP contribution in [0.5, 0.6) is 5.75 Å². The number of ether oxygens (including phenoxy) is 1. The molecule has 1 aromatic carbocycles. The van der Waals surface area contributed by atoms with Crippen molar-refractivity contribution in [2.24, 2.45) is 0 Å². The van der Waals surface area contributed by atoms with E-state index in [0.29, 0.717) is 5.02 Å². The number of halogens is 2. The normalized spacial score (nSPS) is 11.0. The Morgan fingerprint density at radius 3 is 2.36 bits per heavy atom. The van der Waals surface area contributed by atoms with Crippen molar-refractivity contribution in [3.8, 4) is 5.75 Å². The Bertz CT molecular complexity index is 600. The molecule has 0 unspecified atom stereocenters. The predicted octanol–water partition coefficient (Wildman–Crippen LogP) is 5.22. The second-order valence-corrected chi connectivity index (χ2v) is 6.32. The first kappa shape index (κ1) is 17.5. The topological polar surface area (TPSA) is 35.0 Å². The van der Waals surface area contributed by atoms with E-state index in [1.165, 1.54) is 0 Å². The number of alkyl halides is 1. The van der Waals surface area contributed by atoms with Crippen LogP contribution in [0.1, 0.15) is 43.6 Å². The summed E-state index contributed by atoms with van der Waals surface area (Å²) in [5, 5.41) is 9.11. The van der Waals surface area contributed by atoms with E-state index in [-0.39, 0.29) is 6.10 Å². The third-order valence-electron chi connectivity index (χ3n) is 3.50. The zero-order chi connectivity index (χ0) is 15.9. The van der Waals surface area contributed by atoms with Gasteiger partial charge in [0, 0.05) is 10.8 Å². The minimum Gasteiger partial charge on any atom is -0.489 e. The molecule has 0 aliphatic heterocycles. The largest absolute Gasteiger partial charge is 0.489 e. The molecule has 0 N–H and O–H groups in total. The average molecular weight is 431 g/mol. The van der Waals surface area contributed by atoms with Gasteiger partial charge in [0.25, 0.3) is 0 Å². The van der Waals surface area contributed by atoms with Gasteiger partial charge in [-0.2, -0.15) is 10.2 Å². The monoisotopic (exact) mass is 430 g/mol. The van der Waals surface area contributed by atoms with Gasteiger partial charge in [-0.3, -0.25) is 0 Å². The number of benzene rings is 1. The molecule has 0 saturated heterocycles. The van der Waals surface area contributed by atoms with Gasteiger partial charge in [0.2, 0.25) is 0 Å². The zero-order valence-corrected chi connectivity index (χ0v) is 15.8. The molecule has 0 radical (unpaired) electrons. The molecular weight excluding hydrogens is 411 g/mol. The molecule has 118 valence electrons. The summed E-state index contributed by atoms with van der Waals surface area (Å²) < 4.78 is 6.86. The van der Waals surface area contributed by atoms with E-state index in [2.05, 4.69) is 46.6 Å². The third-order valence-corrected chi connectivity index (χ3v) is 4.59. The molecule has 0 saturated carbocycles. The van der Waals surface area contributed by atoms with Crippen molar-refractivity contribution >= 4 is 34.2 Å². The number of aromatic nitrogens is 2. The van der Waals surface area contributed by atoms with Gasteiger partial charge in [-0.15, -0.1) is 0 Å². The van der Waals surface area contributed by atoms with Crippen molar-refractivity contribution in [2.75, 3.05) is 0 Å². The molecule has 2 aromatic rings. The number of rotatable bonds is 7. The highest BCUT2D eigenvalue weighted by molar-refractivity contribution is 14.1. The lowest BCUT2D eigenvalue weighted by atomic mass is 10.1. The van der Waals surface area contributed by atoms with Crippen LogP contribution in [0.2, 0.25) is 5.02 Å². The Balaban J connectivity index is 2.14. The van der Waals surface area contributed by atoms with E-state index in [1.54, 1.807) is 0 Å². The van der Waals surface area contributed by atoms with E-state index >= 15 is 0 Å². The van der Waals surface area contributed by atoms with Crippen LogP contribution < -0.4 is 4.74 Å². The van der Waals surface area contributed by atoms with E-state index in [4.69, 9.17) is 16.3 Å². The van der Waals surface area contributed by atoms with Gasteiger partial charge in [0.05, 0.1) is 22.5 Å². The van der Waals surface area contributed by atoms with Gasteiger partial charge in [0.15, 0.2) is 0 Å². The molecular formula is C17H20ClIN2O. The summed E-state index contributed by atoms with van der Waals surface area (Å²) in [4.78, 5) is 0. The Morgan fingerprint density at radius 2 is 1.77 bits per heavy atom. The van der Waals surface area contributed by atoms with Gasteiger partial charge in [-0.05, 0) is 42.7 Å². The Kier molecular flexibility index (Phi) is 6.89. The first-order valence-electron chi connectivity index (χ1n) is 7.48.